The van der Waals surface area contributed by atoms with Crippen LogP contribution in [0, 0.1) is 11.8 Å². The molecule has 0 N–H and O–H groups in total. The summed E-state index contributed by atoms with van der Waals surface area (Å²) in [7, 11) is -3.55. The molecule has 2 fully saturated rings. The number of ketones is 1. The maximum absolute atomic E-state index is 13.6. The third kappa shape index (κ3) is 4.39. The Morgan fingerprint density at radius 3 is 2.50 bits per heavy atom. The number of Topliss-reactive ketones (excluding diaryl/α,β-unsaturated/α-hetero) is 1. The van der Waals surface area contributed by atoms with Gasteiger partial charge in [0, 0.05) is 11.3 Å². The monoisotopic (exact) mass is 475 g/mol. The molecule has 2 heterocycles. The number of hydrogen-bond donors (Lipinski definition) is 0. The van der Waals surface area contributed by atoms with E-state index in [9.17, 15) is 18.0 Å². The topological polar surface area (TPSA) is 90.4 Å². The van der Waals surface area contributed by atoms with E-state index in [1.54, 1.807) is 6.07 Å². The van der Waals surface area contributed by atoms with Crippen LogP contribution in [0.1, 0.15) is 69.4 Å². The van der Waals surface area contributed by atoms with E-state index in [1.807, 2.05) is 32.0 Å². The Balaban J connectivity index is 1.65. The Hall–Kier alpha value is -2.06. The molecule has 1 saturated carbocycles. The minimum atomic E-state index is -3.55. The molecule has 172 valence electrons. The number of cyclic esters (lactones) is 1. The molecule has 1 saturated heterocycles. The number of sulfone groups is 1. The fourth-order valence-corrected chi connectivity index (χ4v) is 7.23. The average molecular weight is 476 g/mol. The molecule has 8 heteroatoms. The number of hydrogen-bond acceptors (Lipinski definition) is 7. The van der Waals surface area contributed by atoms with Crippen LogP contribution < -0.4 is 0 Å². The van der Waals surface area contributed by atoms with Gasteiger partial charge in [-0.3, -0.25) is 9.59 Å². The van der Waals surface area contributed by atoms with Crippen LogP contribution in [0.3, 0.4) is 0 Å². The van der Waals surface area contributed by atoms with E-state index in [2.05, 4.69) is 4.98 Å². The summed E-state index contributed by atoms with van der Waals surface area (Å²) in [6, 6.07) is 7.33. The number of esters is 1. The average Bonchev–Trinajstić information content (AvgIpc) is 3.34. The Morgan fingerprint density at radius 1 is 1.19 bits per heavy atom. The van der Waals surface area contributed by atoms with Gasteiger partial charge in [-0.15, -0.1) is 11.3 Å². The molecule has 2 aromatic rings. The summed E-state index contributed by atoms with van der Waals surface area (Å²) >= 11 is 1.24. The zero-order chi connectivity index (χ0) is 22.9. The summed E-state index contributed by atoms with van der Waals surface area (Å²) in [6.45, 7) is 3.99. The lowest BCUT2D eigenvalue weighted by Gasteiger charge is -2.26. The van der Waals surface area contributed by atoms with Crippen molar-refractivity contribution >= 4 is 32.9 Å². The summed E-state index contributed by atoms with van der Waals surface area (Å²) in [5, 5.41) is 1.60. The molecule has 0 spiro atoms. The quantitative estimate of drug-likeness (QED) is 0.366. The summed E-state index contributed by atoms with van der Waals surface area (Å²) in [4.78, 5) is 30.5. The molecule has 1 aliphatic heterocycles. The molecule has 2 aliphatic rings. The number of thiazole rings is 1. The maximum Gasteiger partial charge on any atom is 0.318 e. The Kier molecular flexibility index (Phi) is 6.54. The van der Waals surface area contributed by atoms with Crippen LogP contribution in [0.15, 0.2) is 40.2 Å². The number of rotatable bonds is 10. The molecule has 0 radical (unpaired) electrons. The predicted molar refractivity (Wildman–Crippen MR) is 122 cm³/mol. The van der Waals surface area contributed by atoms with Gasteiger partial charge in [-0.25, -0.2) is 13.4 Å². The zero-order valence-corrected chi connectivity index (χ0v) is 20.1. The van der Waals surface area contributed by atoms with Crippen molar-refractivity contribution in [1.82, 2.24) is 4.98 Å². The number of aromatic nitrogens is 1. The zero-order valence-electron chi connectivity index (χ0n) is 18.5. The first-order valence-corrected chi connectivity index (χ1v) is 13.9. The first-order chi connectivity index (χ1) is 15.3. The van der Waals surface area contributed by atoms with Crippen LogP contribution in [0.4, 0.5) is 0 Å². The SMILES string of the molecule is CCCC1(CCC)OC(=O)C(C(c2cccc(CS(=O)(=O)c3cscn3)c2)C2CC2)C1=O. The maximum atomic E-state index is 13.6. The van der Waals surface area contributed by atoms with Gasteiger partial charge in [0.25, 0.3) is 0 Å². The van der Waals surface area contributed by atoms with Crippen molar-refractivity contribution in [1.29, 1.82) is 0 Å². The molecule has 1 aromatic carbocycles. The van der Waals surface area contributed by atoms with E-state index in [0.717, 1.165) is 31.2 Å². The number of carbonyl (C=O) groups is 2. The molecule has 4 rings (SSSR count). The van der Waals surface area contributed by atoms with Gasteiger partial charge < -0.3 is 4.74 Å². The highest BCUT2D eigenvalue weighted by Crippen LogP contribution is 2.51. The van der Waals surface area contributed by atoms with E-state index in [-0.39, 0.29) is 28.4 Å². The molecule has 32 heavy (non-hydrogen) atoms. The molecule has 2 atom stereocenters. The minimum absolute atomic E-state index is 0.0742. The van der Waals surface area contributed by atoms with Crippen LogP contribution in [0.25, 0.3) is 0 Å². The normalized spacial score (nSPS) is 21.5. The standard InChI is InChI=1S/C24H29NO5S2/c1-3-10-24(11-4-2)22(26)21(23(27)30-24)20(17-8-9-17)18-7-5-6-16(12-18)14-32(28,29)19-13-31-15-25-19/h5-7,12-13,15,17,20-21H,3-4,8-11,14H2,1-2H3. The van der Waals surface area contributed by atoms with Gasteiger partial charge in [0.2, 0.25) is 9.84 Å². The summed E-state index contributed by atoms with van der Waals surface area (Å²) < 4.78 is 31.2. The number of benzene rings is 1. The second-order valence-corrected chi connectivity index (χ2v) is 11.6. The Morgan fingerprint density at radius 2 is 1.91 bits per heavy atom. The largest absolute Gasteiger partial charge is 0.450 e. The number of nitrogens with zero attached hydrogens (tertiary/aromatic N) is 1. The number of ether oxygens (including phenoxy) is 1. The van der Waals surface area contributed by atoms with Crippen LogP contribution in [0.5, 0.6) is 0 Å². The Bertz CT molecular complexity index is 1080. The summed E-state index contributed by atoms with van der Waals surface area (Å²) in [6.07, 6.45) is 4.54. The second kappa shape index (κ2) is 9.06. The Labute approximate surface area is 193 Å². The predicted octanol–water partition coefficient (Wildman–Crippen LogP) is 4.69. The van der Waals surface area contributed by atoms with Crippen molar-refractivity contribution in [2.45, 2.75) is 74.7 Å². The first-order valence-electron chi connectivity index (χ1n) is 11.3. The molecule has 0 bridgehead atoms. The van der Waals surface area contributed by atoms with Crippen LogP contribution in [-0.2, 0) is 29.9 Å². The first kappa shape index (κ1) is 23.1. The smallest absolute Gasteiger partial charge is 0.318 e. The van der Waals surface area contributed by atoms with Crippen LogP contribution in [-0.4, -0.2) is 30.8 Å². The number of carbonyl (C=O) groups excluding carboxylic acids is 2. The third-order valence-corrected chi connectivity index (χ3v) is 8.81. The van der Waals surface area contributed by atoms with Gasteiger partial charge in [-0.1, -0.05) is 51.0 Å². The van der Waals surface area contributed by atoms with E-state index in [1.165, 1.54) is 22.2 Å². The van der Waals surface area contributed by atoms with Crippen molar-refractivity contribution in [2.24, 2.45) is 11.8 Å². The molecule has 2 unspecified atom stereocenters. The lowest BCUT2D eigenvalue weighted by Crippen LogP contribution is -2.38. The summed E-state index contributed by atoms with van der Waals surface area (Å²) in [5.41, 5.74) is 1.97. The van der Waals surface area contributed by atoms with Gasteiger partial charge in [0.15, 0.2) is 16.4 Å². The highest BCUT2D eigenvalue weighted by molar-refractivity contribution is 7.90. The molecule has 1 aliphatic carbocycles. The lowest BCUT2D eigenvalue weighted by molar-refractivity contribution is -0.154. The third-order valence-electron chi connectivity index (χ3n) is 6.50. The van der Waals surface area contributed by atoms with E-state index < -0.39 is 27.3 Å². The van der Waals surface area contributed by atoms with Gasteiger partial charge in [-0.2, -0.15) is 0 Å². The van der Waals surface area contributed by atoms with Crippen LogP contribution in [0.2, 0.25) is 0 Å². The molecular formula is C24H29NO5S2. The minimum Gasteiger partial charge on any atom is -0.450 e. The van der Waals surface area contributed by atoms with Gasteiger partial charge >= 0.3 is 5.97 Å². The molecule has 0 amide bonds. The van der Waals surface area contributed by atoms with Crippen LogP contribution >= 0.6 is 11.3 Å². The van der Waals surface area contributed by atoms with Crippen molar-refractivity contribution in [3.8, 4) is 0 Å². The van der Waals surface area contributed by atoms with Gasteiger partial charge in [0.05, 0.1) is 11.3 Å². The summed E-state index contributed by atoms with van der Waals surface area (Å²) in [5.74, 6) is -1.53. The second-order valence-electron chi connectivity index (χ2n) is 8.95. The van der Waals surface area contributed by atoms with Crippen molar-refractivity contribution < 1.29 is 22.7 Å². The fraction of sp³-hybridized carbons (Fsp3) is 0.542. The molecule has 6 nitrogen and oxygen atoms in total. The van der Waals surface area contributed by atoms with E-state index in [4.69, 9.17) is 4.74 Å². The van der Waals surface area contributed by atoms with E-state index in [0.29, 0.717) is 18.4 Å². The van der Waals surface area contributed by atoms with Crippen molar-refractivity contribution in [3.63, 3.8) is 0 Å². The van der Waals surface area contributed by atoms with Gasteiger partial charge in [-0.05, 0) is 42.7 Å². The fourth-order valence-electron chi connectivity index (χ4n) is 5.02. The molecule has 1 aromatic heterocycles. The van der Waals surface area contributed by atoms with Crippen molar-refractivity contribution in [3.05, 3.63) is 46.3 Å². The highest BCUT2D eigenvalue weighted by atomic mass is 32.2. The lowest BCUT2D eigenvalue weighted by atomic mass is 9.75. The van der Waals surface area contributed by atoms with E-state index >= 15 is 0 Å². The van der Waals surface area contributed by atoms with Crippen molar-refractivity contribution in [2.75, 3.05) is 0 Å². The van der Waals surface area contributed by atoms with Gasteiger partial charge in [0.1, 0.15) is 5.92 Å². The molecular weight excluding hydrogens is 446 g/mol. The highest BCUT2D eigenvalue weighted by Gasteiger charge is 2.58.